The quantitative estimate of drug-likeness (QED) is 0.542. The Hall–Kier alpha value is -0.0500. The van der Waals surface area contributed by atoms with Crippen LogP contribution in [0.3, 0.4) is 0 Å². The highest BCUT2D eigenvalue weighted by Gasteiger charge is 2.15. The summed E-state index contributed by atoms with van der Waals surface area (Å²) in [6.45, 7) is 4.58. The number of unbranched alkanes of at least 4 members (excludes halogenated alkanes) is 1. The topological polar surface area (TPSA) is 0 Å². The Morgan fingerprint density at radius 3 is 2.36 bits per heavy atom. The zero-order valence-corrected chi connectivity index (χ0v) is 11.2. The van der Waals surface area contributed by atoms with Crippen LogP contribution in [0.4, 0.5) is 0 Å². The van der Waals surface area contributed by atoms with Crippen LogP contribution in [0.1, 0.15) is 44.6 Å². The maximum atomic E-state index is 2.55. The molecule has 1 aromatic rings. The normalized spacial score (nSPS) is 15.1. The lowest BCUT2D eigenvalue weighted by Gasteiger charge is -2.19. The Kier molecular flexibility index (Phi) is 5.53. The molecular formula is C13H19I. The summed E-state index contributed by atoms with van der Waals surface area (Å²) < 4.78 is 0.724. The van der Waals surface area contributed by atoms with E-state index in [-0.39, 0.29) is 0 Å². The Morgan fingerprint density at radius 1 is 1.21 bits per heavy atom. The third-order valence-electron chi connectivity index (χ3n) is 2.65. The molecule has 0 N–H and O–H groups in total. The lowest BCUT2D eigenvalue weighted by Crippen LogP contribution is -2.08. The van der Waals surface area contributed by atoms with Crippen molar-refractivity contribution in [1.82, 2.24) is 0 Å². The Bertz CT molecular complexity index is 241. The zero-order valence-electron chi connectivity index (χ0n) is 9.04. The number of alkyl halides is 1. The predicted molar refractivity (Wildman–Crippen MR) is 72.2 cm³/mol. The van der Waals surface area contributed by atoms with Gasteiger partial charge in [-0.15, -0.1) is 0 Å². The SMILES string of the molecule is CCCCC(c1ccccc1)C(C)I. The van der Waals surface area contributed by atoms with Crippen LogP contribution in [0.5, 0.6) is 0 Å². The molecule has 0 nitrogen and oxygen atoms in total. The lowest BCUT2D eigenvalue weighted by molar-refractivity contribution is 0.589. The molecule has 0 aromatic heterocycles. The fourth-order valence-corrected chi connectivity index (χ4v) is 2.56. The Morgan fingerprint density at radius 2 is 1.86 bits per heavy atom. The van der Waals surface area contributed by atoms with Crippen molar-refractivity contribution < 1.29 is 0 Å². The molecule has 0 radical (unpaired) electrons. The number of hydrogen-bond acceptors (Lipinski definition) is 0. The molecule has 1 rings (SSSR count). The maximum Gasteiger partial charge on any atom is 0.0150 e. The van der Waals surface area contributed by atoms with E-state index in [1.54, 1.807) is 0 Å². The second kappa shape index (κ2) is 6.44. The van der Waals surface area contributed by atoms with E-state index in [0.717, 1.165) is 9.84 Å². The van der Waals surface area contributed by atoms with Gasteiger partial charge in [0.2, 0.25) is 0 Å². The first-order valence-corrected chi connectivity index (χ1v) is 6.69. The van der Waals surface area contributed by atoms with Crippen LogP contribution in [-0.4, -0.2) is 3.92 Å². The van der Waals surface area contributed by atoms with Crippen LogP contribution in [0.15, 0.2) is 30.3 Å². The number of rotatable bonds is 5. The minimum Gasteiger partial charge on any atom is -0.0823 e. The van der Waals surface area contributed by atoms with E-state index in [2.05, 4.69) is 66.8 Å². The molecule has 0 amide bonds. The number of benzene rings is 1. The van der Waals surface area contributed by atoms with Crippen molar-refractivity contribution in [3.63, 3.8) is 0 Å². The molecule has 2 atom stereocenters. The summed E-state index contributed by atoms with van der Waals surface area (Å²) in [6, 6.07) is 10.9. The van der Waals surface area contributed by atoms with Gasteiger partial charge in [-0.1, -0.05) is 79.6 Å². The molecule has 0 heterocycles. The Labute approximate surface area is 101 Å². The van der Waals surface area contributed by atoms with Crippen LogP contribution >= 0.6 is 22.6 Å². The van der Waals surface area contributed by atoms with E-state index < -0.39 is 0 Å². The molecule has 0 bridgehead atoms. The van der Waals surface area contributed by atoms with Crippen molar-refractivity contribution in [2.24, 2.45) is 0 Å². The standard InChI is InChI=1S/C13H19I/c1-3-4-10-13(11(2)14)12-8-6-5-7-9-12/h5-9,11,13H,3-4,10H2,1-2H3. The minimum atomic E-state index is 0.724. The minimum absolute atomic E-state index is 0.724. The average Bonchev–Trinajstić information content (AvgIpc) is 2.19. The third kappa shape index (κ3) is 3.60. The van der Waals surface area contributed by atoms with Crippen molar-refractivity contribution >= 4 is 22.6 Å². The Balaban J connectivity index is 2.68. The largest absolute Gasteiger partial charge is 0.0823 e. The monoisotopic (exact) mass is 302 g/mol. The maximum absolute atomic E-state index is 2.55. The van der Waals surface area contributed by atoms with Gasteiger partial charge < -0.3 is 0 Å². The highest BCUT2D eigenvalue weighted by atomic mass is 127. The van der Waals surface area contributed by atoms with Crippen LogP contribution in [0.25, 0.3) is 0 Å². The summed E-state index contributed by atoms with van der Waals surface area (Å²) in [4.78, 5) is 0. The molecule has 1 aromatic carbocycles. The van der Waals surface area contributed by atoms with E-state index in [1.807, 2.05) is 0 Å². The summed E-state index contributed by atoms with van der Waals surface area (Å²) in [6.07, 6.45) is 3.96. The lowest BCUT2D eigenvalue weighted by atomic mass is 9.91. The molecule has 0 spiro atoms. The van der Waals surface area contributed by atoms with Crippen molar-refractivity contribution in [2.75, 3.05) is 0 Å². The molecule has 1 heteroatoms. The first-order chi connectivity index (χ1) is 6.75. The van der Waals surface area contributed by atoms with Gasteiger partial charge >= 0.3 is 0 Å². The number of hydrogen-bond donors (Lipinski definition) is 0. The third-order valence-corrected chi connectivity index (χ3v) is 3.52. The molecule has 0 saturated carbocycles. The molecule has 0 aliphatic rings. The van der Waals surface area contributed by atoms with E-state index in [9.17, 15) is 0 Å². The van der Waals surface area contributed by atoms with Gasteiger partial charge in [0.1, 0.15) is 0 Å². The van der Waals surface area contributed by atoms with E-state index >= 15 is 0 Å². The summed E-state index contributed by atoms with van der Waals surface area (Å²) in [5, 5.41) is 0. The molecule has 0 fully saturated rings. The smallest absolute Gasteiger partial charge is 0.0150 e. The van der Waals surface area contributed by atoms with Crippen molar-refractivity contribution in [3.05, 3.63) is 35.9 Å². The molecule has 2 unspecified atom stereocenters. The van der Waals surface area contributed by atoms with Crippen molar-refractivity contribution in [1.29, 1.82) is 0 Å². The summed E-state index contributed by atoms with van der Waals surface area (Å²) in [5.41, 5.74) is 1.50. The van der Waals surface area contributed by atoms with Gasteiger partial charge in [0, 0.05) is 3.92 Å². The van der Waals surface area contributed by atoms with Gasteiger partial charge in [-0.3, -0.25) is 0 Å². The van der Waals surface area contributed by atoms with Gasteiger partial charge in [-0.2, -0.15) is 0 Å². The van der Waals surface area contributed by atoms with Crippen LogP contribution in [-0.2, 0) is 0 Å². The van der Waals surface area contributed by atoms with Crippen LogP contribution in [0.2, 0.25) is 0 Å². The highest BCUT2D eigenvalue weighted by Crippen LogP contribution is 2.29. The molecular weight excluding hydrogens is 283 g/mol. The fraction of sp³-hybridized carbons (Fsp3) is 0.538. The molecule has 0 aliphatic heterocycles. The van der Waals surface area contributed by atoms with Gasteiger partial charge in [-0.25, -0.2) is 0 Å². The first-order valence-electron chi connectivity index (χ1n) is 5.44. The van der Waals surface area contributed by atoms with Gasteiger partial charge in [-0.05, 0) is 17.9 Å². The van der Waals surface area contributed by atoms with Gasteiger partial charge in [0.15, 0.2) is 0 Å². The second-order valence-corrected chi connectivity index (χ2v) is 5.80. The summed E-state index contributed by atoms with van der Waals surface area (Å²) in [5.74, 6) is 0.733. The van der Waals surface area contributed by atoms with Crippen LogP contribution in [0, 0.1) is 0 Å². The van der Waals surface area contributed by atoms with Crippen molar-refractivity contribution in [3.8, 4) is 0 Å². The summed E-state index contributed by atoms with van der Waals surface area (Å²) in [7, 11) is 0. The van der Waals surface area contributed by atoms with Crippen LogP contribution < -0.4 is 0 Å². The van der Waals surface area contributed by atoms with Gasteiger partial charge in [0.05, 0.1) is 0 Å². The first kappa shape index (κ1) is 12.0. The van der Waals surface area contributed by atoms with E-state index in [1.165, 1.54) is 24.8 Å². The van der Waals surface area contributed by atoms with E-state index in [4.69, 9.17) is 0 Å². The molecule has 0 saturated heterocycles. The zero-order chi connectivity index (χ0) is 10.4. The second-order valence-electron chi connectivity index (χ2n) is 3.84. The molecule has 0 aliphatic carbocycles. The van der Waals surface area contributed by atoms with E-state index in [0.29, 0.717) is 0 Å². The average molecular weight is 302 g/mol. The number of halogens is 1. The van der Waals surface area contributed by atoms with Gasteiger partial charge in [0.25, 0.3) is 0 Å². The predicted octanol–water partition coefficient (Wildman–Crippen LogP) is 4.78. The van der Waals surface area contributed by atoms with Crippen molar-refractivity contribution in [2.45, 2.75) is 43.0 Å². The summed E-state index contributed by atoms with van der Waals surface area (Å²) >= 11 is 2.55. The molecule has 78 valence electrons. The molecule has 14 heavy (non-hydrogen) atoms. The fourth-order valence-electron chi connectivity index (χ4n) is 1.79. The highest BCUT2D eigenvalue weighted by molar-refractivity contribution is 14.1.